The average Bonchev–Trinajstić information content (AvgIpc) is 3.34. The minimum Gasteiger partial charge on any atom is -0.496 e. The zero-order valence-electron chi connectivity index (χ0n) is 22.3. The van der Waals surface area contributed by atoms with Gasteiger partial charge in [-0.3, -0.25) is 9.59 Å². The first-order chi connectivity index (χ1) is 19.0. The van der Waals surface area contributed by atoms with Gasteiger partial charge in [0.1, 0.15) is 18.3 Å². The molecule has 0 aliphatic carbocycles. The number of hydrogen-bond donors (Lipinski definition) is 1. The van der Waals surface area contributed by atoms with E-state index in [4.69, 9.17) is 14.2 Å². The van der Waals surface area contributed by atoms with Gasteiger partial charge in [-0.2, -0.15) is 0 Å². The molecule has 8 heteroatoms. The molecule has 8 nitrogen and oxygen atoms in total. The van der Waals surface area contributed by atoms with E-state index < -0.39 is 12.1 Å². The van der Waals surface area contributed by atoms with Crippen molar-refractivity contribution in [1.82, 2.24) is 14.8 Å². The molecule has 200 valence electrons. The van der Waals surface area contributed by atoms with E-state index in [0.717, 1.165) is 33.3 Å². The van der Waals surface area contributed by atoms with E-state index in [2.05, 4.69) is 11.1 Å². The van der Waals surface area contributed by atoms with Crippen LogP contribution in [0.15, 0.2) is 66.7 Å². The number of carbonyl (C=O) groups excluding carboxylic acids is 2. The van der Waals surface area contributed by atoms with E-state index in [1.807, 2.05) is 67.6 Å². The minimum atomic E-state index is -0.629. The number of carbonyl (C=O) groups is 2. The normalized spacial score (nSPS) is 18.6. The minimum absolute atomic E-state index is 0.00634. The van der Waals surface area contributed by atoms with Crippen molar-refractivity contribution >= 4 is 22.7 Å². The monoisotopic (exact) mass is 525 g/mol. The number of nitrogens with zero attached hydrogens (tertiary/aromatic N) is 2. The third kappa shape index (κ3) is 4.16. The summed E-state index contributed by atoms with van der Waals surface area (Å²) in [4.78, 5) is 34.9. The van der Waals surface area contributed by atoms with Gasteiger partial charge in [0.2, 0.25) is 11.8 Å². The maximum atomic E-state index is 14.1. The predicted molar refractivity (Wildman–Crippen MR) is 147 cm³/mol. The van der Waals surface area contributed by atoms with Crippen molar-refractivity contribution in [2.45, 2.75) is 32.0 Å². The molecule has 0 bridgehead atoms. The molecule has 0 spiro atoms. The van der Waals surface area contributed by atoms with Crippen LogP contribution in [0.2, 0.25) is 0 Å². The Morgan fingerprint density at radius 3 is 2.49 bits per heavy atom. The standard InChI is InChI=1S/C31H31N3O5/c1-4-39-26-14-13-19(15-27(26)38-3)30-29-22(21-10-6-7-11-23(21)32-29)16-24-31(36)33(18-28(35)34(24)30)17-20-9-5-8-12-25(20)37-2/h5-15,24,30,32H,4,16-18H2,1-3H3. The van der Waals surface area contributed by atoms with Gasteiger partial charge in [-0.25, -0.2) is 0 Å². The summed E-state index contributed by atoms with van der Waals surface area (Å²) in [6.07, 6.45) is 0.441. The summed E-state index contributed by atoms with van der Waals surface area (Å²) >= 11 is 0. The molecule has 3 heterocycles. The second-order valence-corrected chi connectivity index (χ2v) is 9.84. The number of nitrogens with one attached hydrogen (secondary N) is 1. The number of ether oxygens (including phenoxy) is 3. The first-order valence-electron chi connectivity index (χ1n) is 13.2. The van der Waals surface area contributed by atoms with Crippen molar-refractivity contribution in [2.75, 3.05) is 27.4 Å². The van der Waals surface area contributed by atoms with Crippen molar-refractivity contribution < 1.29 is 23.8 Å². The second-order valence-electron chi connectivity index (χ2n) is 9.84. The lowest BCUT2D eigenvalue weighted by atomic mass is 9.86. The third-order valence-corrected chi connectivity index (χ3v) is 7.70. The Morgan fingerprint density at radius 1 is 0.923 bits per heavy atom. The lowest BCUT2D eigenvalue weighted by Gasteiger charge is -2.47. The van der Waals surface area contributed by atoms with Gasteiger partial charge in [-0.15, -0.1) is 0 Å². The van der Waals surface area contributed by atoms with E-state index in [1.165, 1.54) is 0 Å². The van der Waals surface area contributed by atoms with Crippen LogP contribution in [-0.2, 0) is 22.6 Å². The predicted octanol–water partition coefficient (Wildman–Crippen LogP) is 4.47. The zero-order valence-corrected chi connectivity index (χ0v) is 22.3. The molecule has 3 aromatic carbocycles. The molecule has 1 aromatic heterocycles. The smallest absolute Gasteiger partial charge is 0.246 e. The van der Waals surface area contributed by atoms with E-state index in [9.17, 15) is 9.59 Å². The summed E-state index contributed by atoms with van der Waals surface area (Å²) in [6, 6.07) is 20.3. The first-order valence-corrected chi connectivity index (χ1v) is 13.2. The maximum Gasteiger partial charge on any atom is 0.246 e. The van der Waals surface area contributed by atoms with Crippen LogP contribution >= 0.6 is 0 Å². The van der Waals surface area contributed by atoms with Crippen LogP contribution in [-0.4, -0.2) is 60.0 Å². The topological polar surface area (TPSA) is 84.1 Å². The van der Waals surface area contributed by atoms with Gasteiger partial charge in [-0.1, -0.05) is 42.5 Å². The molecule has 0 saturated carbocycles. The number of methoxy groups -OCH3 is 2. The fraction of sp³-hybridized carbons (Fsp3) is 0.290. The van der Waals surface area contributed by atoms with E-state index in [-0.39, 0.29) is 18.4 Å². The van der Waals surface area contributed by atoms with Crippen molar-refractivity contribution in [3.05, 3.63) is 89.1 Å². The average molecular weight is 526 g/mol. The highest BCUT2D eigenvalue weighted by atomic mass is 16.5. The Balaban J connectivity index is 1.45. The zero-order chi connectivity index (χ0) is 27.1. The molecular weight excluding hydrogens is 494 g/mol. The molecule has 2 atom stereocenters. The number of rotatable bonds is 7. The first kappa shape index (κ1) is 24.9. The fourth-order valence-corrected chi connectivity index (χ4v) is 5.97. The highest BCUT2D eigenvalue weighted by Gasteiger charge is 2.48. The van der Waals surface area contributed by atoms with Crippen LogP contribution in [0.4, 0.5) is 0 Å². The molecule has 2 amide bonds. The van der Waals surface area contributed by atoms with E-state index in [1.54, 1.807) is 24.0 Å². The van der Waals surface area contributed by atoms with Crippen LogP contribution < -0.4 is 14.2 Å². The Hall–Kier alpha value is -4.46. The molecular formula is C31H31N3O5. The van der Waals surface area contributed by atoms with Gasteiger partial charge >= 0.3 is 0 Å². The summed E-state index contributed by atoms with van der Waals surface area (Å²) in [5.41, 5.74) is 4.69. The number of amides is 2. The Kier molecular flexibility index (Phi) is 6.38. The van der Waals surface area contributed by atoms with Crippen molar-refractivity contribution in [1.29, 1.82) is 0 Å². The lowest BCUT2D eigenvalue weighted by Crippen LogP contribution is -2.62. The number of para-hydroxylation sites is 2. The number of fused-ring (bicyclic) bond motifs is 4. The molecule has 2 aliphatic heterocycles. The van der Waals surface area contributed by atoms with Crippen LogP contribution in [0.25, 0.3) is 10.9 Å². The fourth-order valence-electron chi connectivity index (χ4n) is 5.97. The van der Waals surface area contributed by atoms with Crippen molar-refractivity contribution in [3.63, 3.8) is 0 Å². The maximum absolute atomic E-state index is 14.1. The van der Waals surface area contributed by atoms with Crippen LogP contribution in [0.3, 0.4) is 0 Å². The quantitative estimate of drug-likeness (QED) is 0.385. The summed E-state index contributed by atoms with van der Waals surface area (Å²) in [5, 5.41) is 1.07. The van der Waals surface area contributed by atoms with Gasteiger partial charge < -0.3 is 29.0 Å². The van der Waals surface area contributed by atoms with Gasteiger partial charge in [0.25, 0.3) is 0 Å². The van der Waals surface area contributed by atoms with Gasteiger partial charge in [-0.05, 0) is 42.3 Å². The molecule has 0 radical (unpaired) electrons. The van der Waals surface area contributed by atoms with Gasteiger partial charge in [0.15, 0.2) is 11.5 Å². The van der Waals surface area contributed by atoms with Gasteiger partial charge in [0.05, 0.1) is 26.9 Å². The van der Waals surface area contributed by atoms with Crippen molar-refractivity contribution in [3.8, 4) is 17.2 Å². The Morgan fingerprint density at radius 2 is 1.69 bits per heavy atom. The number of benzene rings is 3. The van der Waals surface area contributed by atoms with Crippen molar-refractivity contribution in [2.24, 2.45) is 0 Å². The molecule has 1 fully saturated rings. The van der Waals surface area contributed by atoms with Crippen LogP contribution in [0.5, 0.6) is 17.2 Å². The van der Waals surface area contributed by atoms with Crippen LogP contribution in [0, 0.1) is 0 Å². The van der Waals surface area contributed by atoms with E-state index >= 15 is 0 Å². The lowest BCUT2D eigenvalue weighted by molar-refractivity contribution is -0.159. The highest BCUT2D eigenvalue weighted by Crippen LogP contribution is 2.44. The summed E-state index contributed by atoms with van der Waals surface area (Å²) in [6.45, 7) is 2.73. The Bertz CT molecular complexity index is 1560. The molecule has 2 aliphatic rings. The van der Waals surface area contributed by atoms with E-state index in [0.29, 0.717) is 36.8 Å². The summed E-state index contributed by atoms with van der Waals surface area (Å²) in [5.74, 6) is 1.75. The molecule has 6 rings (SSSR count). The van der Waals surface area contributed by atoms with Crippen LogP contribution in [0.1, 0.15) is 35.3 Å². The summed E-state index contributed by atoms with van der Waals surface area (Å²) < 4.78 is 16.9. The number of H-pyrrole nitrogens is 1. The highest BCUT2D eigenvalue weighted by molar-refractivity contribution is 5.97. The molecule has 1 saturated heterocycles. The van der Waals surface area contributed by atoms with Gasteiger partial charge in [0, 0.05) is 35.1 Å². The largest absolute Gasteiger partial charge is 0.496 e. The Labute approximate surface area is 227 Å². The second kappa shape index (κ2) is 10.0. The molecule has 39 heavy (non-hydrogen) atoms. The number of aromatic amines is 1. The third-order valence-electron chi connectivity index (χ3n) is 7.70. The number of hydrogen-bond acceptors (Lipinski definition) is 5. The molecule has 2 unspecified atom stereocenters. The molecule has 4 aromatic rings. The summed E-state index contributed by atoms with van der Waals surface area (Å²) in [7, 11) is 3.21. The SMILES string of the molecule is CCOc1ccc(C2c3[nH]c4ccccc4c3CC3C(=O)N(Cc4ccccc4OC)CC(=O)N32)cc1OC. The number of aromatic nitrogens is 1. The molecule has 1 N–H and O–H groups in total. The number of piperazine rings is 1.